The monoisotopic (exact) mass is 280 g/mol. The molecule has 0 radical (unpaired) electrons. The molecule has 1 aromatic carbocycles. The molecule has 104 valence electrons. The molecule has 1 aliphatic heterocycles. The van der Waals surface area contributed by atoms with Crippen LogP contribution in [0.5, 0.6) is 0 Å². The van der Waals surface area contributed by atoms with Crippen LogP contribution in [-0.4, -0.2) is 34.2 Å². The van der Waals surface area contributed by atoms with E-state index in [1.165, 1.54) is 5.56 Å². The van der Waals surface area contributed by atoms with Crippen LogP contribution in [0.15, 0.2) is 24.3 Å². The van der Waals surface area contributed by atoms with Gasteiger partial charge in [-0.3, -0.25) is 9.00 Å². The summed E-state index contributed by atoms with van der Waals surface area (Å²) in [7, 11) is -0.864. The van der Waals surface area contributed by atoms with Crippen LogP contribution in [0.1, 0.15) is 18.9 Å². The topological polar surface area (TPSA) is 58.2 Å². The van der Waals surface area contributed by atoms with E-state index in [4.69, 9.17) is 0 Å². The zero-order valence-corrected chi connectivity index (χ0v) is 12.1. The zero-order valence-electron chi connectivity index (χ0n) is 11.3. The van der Waals surface area contributed by atoms with Gasteiger partial charge < -0.3 is 10.6 Å². The van der Waals surface area contributed by atoms with Crippen LogP contribution in [0, 0.1) is 0 Å². The van der Waals surface area contributed by atoms with Crippen molar-refractivity contribution in [2.24, 2.45) is 0 Å². The number of anilines is 1. The van der Waals surface area contributed by atoms with E-state index < -0.39 is 10.8 Å². The van der Waals surface area contributed by atoms with Crippen LogP contribution in [0.2, 0.25) is 0 Å². The third-order valence-electron chi connectivity index (χ3n) is 3.51. The number of carbonyl (C=O) groups is 1. The van der Waals surface area contributed by atoms with Gasteiger partial charge in [0, 0.05) is 34.5 Å². The van der Waals surface area contributed by atoms with Gasteiger partial charge in [0.2, 0.25) is 5.91 Å². The van der Waals surface area contributed by atoms with E-state index in [1.807, 2.05) is 31.2 Å². The second-order valence-electron chi connectivity index (χ2n) is 4.96. The molecular weight excluding hydrogens is 260 g/mol. The highest BCUT2D eigenvalue weighted by Gasteiger charge is 2.23. The lowest BCUT2D eigenvalue weighted by Gasteiger charge is -2.17. The molecule has 1 heterocycles. The van der Waals surface area contributed by atoms with E-state index in [0.29, 0.717) is 6.54 Å². The summed E-state index contributed by atoms with van der Waals surface area (Å²) >= 11 is 0. The summed E-state index contributed by atoms with van der Waals surface area (Å²) in [5.74, 6) is -0.000893. The van der Waals surface area contributed by atoms with Gasteiger partial charge in [0.15, 0.2) is 0 Å². The van der Waals surface area contributed by atoms with Crippen molar-refractivity contribution >= 4 is 22.4 Å². The summed E-state index contributed by atoms with van der Waals surface area (Å²) in [4.78, 5) is 12.1. The molecule has 0 aliphatic carbocycles. The Kier molecular flexibility index (Phi) is 4.71. The van der Waals surface area contributed by atoms with E-state index in [-0.39, 0.29) is 17.2 Å². The Morgan fingerprint density at radius 3 is 2.95 bits per heavy atom. The van der Waals surface area contributed by atoms with Crippen molar-refractivity contribution < 1.29 is 9.00 Å². The average Bonchev–Trinajstić information content (AvgIpc) is 2.54. The minimum atomic E-state index is -0.864. The smallest absolute Gasteiger partial charge is 0.241 e. The molecule has 19 heavy (non-hydrogen) atoms. The van der Waals surface area contributed by atoms with Gasteiger partial charge >= 0.3 is 0 Å². The summed E-state index contributed by atoms with van der Waals surface area (Å²) in [6.45, 7) is 2.52. The van der Waals surface area contributed by atoms with E-state index in [2.05, 4.69) is 10.6 Å². The molecule has 1 aliphatic rings. The number of amides is 1. The van der Waals surface area contributed by atoms with Gasteiger partial charge in [0.25, 0.3) is 0 Å². The molecule has 0 saturated heterocycles. The lowest BCUT2D eigenvalue weighted by atomic mass is 10.1. The number of aryl methyl sites for hydroxylation is 1. The Morgan fingerprint density at radius 1 is 1.47 bits per heavy atom. The van der Waals surface area contributed by atoms with E-state index >= 15 is 0 Å². The average molecular weight is 280 g/mol. The molecule has 4 nitrogen and oxygen atoms in total. The Bertz CT molecular complexity index is 490. The van der Waals surface area contributed by atoms with Gasteiger partial charge in [0.1, 0.15) is 0 Å². The lowest BCUT2D eigenvalue weighted by molar-refractivity contribution is -0.118. The zero-order chi connectivity index (χ0) is 13.8. The number of carbonyl (C=O) groups excluding carboxylic acids is 1. The molecule has 1 aromatic rings. The maximum absolute atomic E-state index is 12.1. The number of para-hydroxylation sites is 1. The number of hydrogen-bond acceptors (Lipinski definition) is 3. The van der Waals surface area contributed by atoms with Crippen molar-refractivity contribution in [2.45, 2.75) is 31.1 Å². The van der Waals surface area contributed by atoms with E-state index in [1.54, 1.807) is 6.26 Å². The Labute approximate surface area is 116 Å². The van der Waals surface area contributed by atoms with E-state index in [0.717, 1.165) is 18.5 Å². The van der Waals surface area contributed by atoms with Gasteiger partial charge in [-0.05, 0) is 31.4 Å². The minimum absolute atomic E-state index is 0.000893. The van der Waals surface area contributed by atoms with Gasteiger partial charge in [-0.15, -0.1) is 0 Å². The fourth-order valence-electron chi connectivity index (χ4n) is 2.13. The maximum Gasteiger partial charge on any atom is 0.241 e. The number of rotatable bonds is 4. The summed E-state index contributed by atoms with van der Waals surface area (Å²) in [6, 6.07) is 7.68. The quantitative estimate of drug-likeness (QED) is 0.874. The number of hydrogen-bond donors (Lipinski definition) is 2. The largest absolute Gasteiger partial charge is 0.324 e. The minimum Gasteiger partial charge on any atom is -0.324 e. The Balaban J connectivity index is 1.99. The van der Waals surface area contributed by atoms with Crippen LogP contribution in [0.3, 0.4) is 0 Å². The van der Waals surface area contributed by atoms with Crippen molar-refractivity contribution in [3.8, 4) is 0 Å². The van der Waals surface area contributed by atoms with E-state index in [9.17, 15) is 9.00 Å². The second-order valence-corrected chi connectivity index (χ2v) is 6.76. The standard InChI is InChI=1S/C14H20N2O2S/c1-10(19(2)18)9-15-13-8-7-11-5-3-4-6-12(11)16-14(13)17/h3-6,10,13,15H,7-9H2,1-2H3,(H,16,17). The maximum atomic E-state index is 12.1. The molecular formula is C14H20N2O2S. The Morgan fingerprint density at radius 2 is 2.21 bits per heavy atom. The predicted octanol–water partition coefficient (Wildman–Crippen LogP) is 1.30. The Hall–Kier alpha value is -1.20. The van der Waals surface area contributed by atoms with Crippen molar-refractivity contribution in [3.05, 3.63) is 29.8 Å². The highest BCUT2D eigenvalue weighted by molar-refractivity contribution is 7.84. The normalized spacial score (nSPS) is 22.0. The molecule has 1 amide bonds. The fraction of sp³-hybridized carbons (Fsp3) is 0.500. The molecule has 0 saturated carbocycles. The van der Waals surface area contributed by atoms with Crippen molar-refractivity contribution in [2.75, 3.05) is 18.1 Å². The van der Waals surface area contributed by atoms with Crippen molar-refractivity contribution in [1.29, 1.82) is 0 Å². The van der Waals surface area contributed by atoms with Gasteiger partial charge in [-0.1, -0.05) is 18.2 Å². The first-order valence-corrected chi connectivity index (χ1v) is 8.14. The molecule has 0 spiro atoms. The van der Waals surface area contributed by atoms with Crippen molar-refractivity contribution in [1.82, 2.24) is 5.32 Å². The van der Waals surface area contributed by atoms with Crippen LogP contribution < -0.4 is 10.6 Å². The summed E-state index contributed by atoms with van der Waals surface area (Å²) in [6.07, 6.45) is 3.33. The number of benzene rings is 1. The SMILES string of the molecule is CC(CNC1CCc2ccccc2NC1=O)S(C)=O. The highest BCUT2D eigenvalue weighted by Crippen LogP contribution is 2.21. The second kappa shape index (κ2) is 6.30. The van der Waals surface area contributed by atoms with Gasteiger partial charge in [-0.25, -0.2) is 0 Å². The third kappa shape index (κ3) is 3.64. The van der Waals surface area contributed by atoms with Crippen molar-refractivity contribution in [3.63, 3.8) is 0 Å². The molecule has 2 N–H and O–H groups in total. The number of fused-ring (bicyclic) bond motifs is 1. The van der Waals surface area contributed by atoms with Gasteiger partial charge in [-0.2, -0.15) is 0 Å². The van der Waals surface area contributed by atoms with Crippen LogP contribution in [0.25, 0.3) is 0 Å². The molecule has 3 unspecified atom stereocenters. The summed E-state index contributed by atoms with van der Waals surface area (Å²) in [5.41, 5.74) is 2.08. The molecule has 3 atom stereocenters. The molecule has 0 fully saturated rings. The molecule has 5 heteroatoms. The van der Waals surface area contributed by atoms with Crippen LogP contribution in [-0.2, 0) is 22.0 Å². The first kappa shape index (κ1) is 14.2. The molecule has 0 aromatic heterocycles. The fourth-order valence-corrected chi connectivity index (χ4v) is 2.46. The summed E-state index contributed by atoms with van der Waals surface area (Å²) in [5, 5.41) is 6.22. The lowest BCUT2D eigenvalue weighted by Crippen LogP contribution is -2.43. The molecule has 0 bridgehead atoms. The first-order chi connectivity index (χ1) is 9.08. The molecule has 2 rings (SSSR count). The predicted molar refractivity (Wildman–Crippen MR) is 78.7 cm³/mol. The highest BCUT2D eigenvalue weighted by atomic mass is 32.2. The van der Waals surface area contributed by atoms with Crippen LogP contribution in [0.4, 0.5) is 5.69 Å². The first-order valence-electron chi connectivity index (χ1n) is 6.52. The van der Waals surface area contributed by atoms with Crippen LogP contribution >= 0.6 is 0 Å². The van der Waals surface area contributed by atoms with Gasteiger partial charge in [0.05, 0.1) is 6.04 Å². The third-order valence-corrected chi connectivity index (χ3v) is 4.81. The summed E-state index contributed by atoms with van der Waals surface area (Å²) < 4.78 is 11.3. The number of nitrogens with one attached hydrogen (secondary N) is 2.